The number of ether oxygens (including phenoxy) is 1. The largest absolute Gasteiger partial charge is 0.497 e. The van der Waals surface area contributed by atoms with Crippen molar-refractivity contribution in [2.45, 2.75) is 25.2 Å². The van der Waals surface area contributed by atoms with E-state index in [2.05, 4.69) is 6.07 Å². The fraction of sp³-hybridized carbons (Fsp3) is 0.462. The second-order valence-corrected chi connectivity index (χ2v) is 7.05. The quantitative estimate of drug-likeness (QED) is 0.833. The zero-order chi connectivity index (χ0) is 14.7. The van der Waals surface area contributed by atoms with Gasteiger partial charge in [0.25, 0.3) is 0 Å². The second kappa shape index (κ2) is 5.49. The topological polar surface area (TPSA) is 93.2 Å². The van der Waals surface area contributed by atoms with Gasteiger partial charge < -0.3 is 10.5 Å². The first-order chi connectivity index (χ1) is 8.72. The summed E-state index contributed by atoms with van der Waals surface area (Å²) in [4.78, 5) is 0.0561. The Hall–Kier alpha value is -1.74. The molecule has 0 radical (unpaired) electrons. The second-order valence-electron chi connectivity index (χ2n) is 4.97. The maximum Gasteiger partial charge on any atom is 0.180 e. The number of nitriles is 1. The molecule has 0 aliphatic carbocycles. The van der Waals surface area contributed by atoms with E-state index in [1.165, 1.54) is 19.2 Å². The molecule has 0 heterocycles. The van der Waals surface area contributed by atoms with Gasteiger partial charge in [-0.2, -0.15) is 5.26 Å². The van der Waals surface area contributed by atoms with Crippen LogP contribution >= 0.6 is 0 Å². The van der Waals surface area contributed by atoms with E-state index in [9.17, 15) is 8.42 Å². The Morgan fingerprint density at radius 3 is 2.58 bits per heavy atom. The zero-order valence-corrected chi connectivity index (χ0v) is 12.1. The molecule has 0 unspecified atom stereocenters. The molecule has 0 spiro atoms. The Balaban J connectivity index is 3.05. The van der Waals surface area contributed by atoms with E-state index in [1.807, 2.05) is 0 Å². The highest BCUT2D eigenvalue weighted by atomic mass is 32.2. The van der Waals surface area contributed by atoms with Gasteiger partial charge in [-0.05, 0) is 32.4 Å². The Morgan fingerprint density at radius 2 is 2.05 bits per heavy atom. The van der Waals surface area contributed by atoms with Crippen LogP contribution in [0.15, 0.2) is 23.1 Å². The fourth-order valence-corrected chi connectivity index (χ4v) is 3.19. The number of hydrogen-bond acceptors (Lipinski definition) is 5. The van der Waals surface area contributed by atoms with Crippen LogP contribution in [0.5, 0.6) is 5.75 Å². The van der Waals surface area contributed by atoms with Gasteiger partial charge in [-0.15, -0.1) is 0 Å². The molecule has 19 heavy (non-hydrogen) atoms. The number of anilines is 1. The van der Waals surface area contributed by atoms with Crippen molar-refractivity contribution in [1.29, 1.82) is 5.26 Å². The van der Waals surface area contributed by atoms with Crippen LogP contribution in [-0.2, 0) is 9.84 Å². The van der Waals surface area contributed by atoms with Crippen LogP contribution in [0.3, 0.4) is 0 Å². The van der Waals surface area contributed by atoms with Crippen LogP contribution in [-0.4, -0.2) is 21.3 Å². The summed E-state index contributed by atoms with van der Waals surface area (Å²) in [5, 5.41) is 8.91. The highest BCUT2D eigenvalue weighted by molar-refractivity contribution is 7.91. The molecule has 1 rings (SSSR count). The van der Waals surface area contributed by atoms with Gasteiger partial charge in [-0.25, -0.2) is 8.42 Å². The smallest absolute Gasteiger partial charge is 0.180 e. The first-order valence-electron chi connectivity index (χ1n) is 5.79. The van der Waals surface area contributed by atoms with E-state index < -0.39 is 15.3 Å². The van der Waals surface area contributed by atoms with Crippen LogP contribution < -0.4 is 10.5 Å². The first-order valence-corrected chi connectivity index (χ1v) is 7.44. The van der Waals surface area contributed by atoms with Gasteiger partial charge in [-0.3, -0.25) is 0 Å². The summed E-state index contributed by atoms with van der Waals surface area (Å²) in [5.41, 5.74) is 5.21. The molecule has 104 valence electrons. The Bertz CT molecular complexity index is 601. The summed E-state index contributed by atoms with van der Waals surface area (Å²) in [7, 11) is -2.06. The van der Waals surface area contributed by atoms with E-state index in [0.717, 1.165) is 0 Å². The van der Waals surface area contributed by atoms with Crippen molar-refractivity contribution in [3.05, 3.63) is 18.2 Å². The molecular weight excluding hydrogens is 264 g/mol. The summed E-state index contributed by atoms with van der Waals surface area (Å²) in [6.45, 7) is 3.41. The van der Waals surface area contributed by atoms with Crippen molar-refractivity contribution in [1.82, 2.24) is 0 Å². The van der Waals surface area contributed by atoms with Gasteiger partial charge in [0, 0.05) is 6.07 Å². The van der Waals surface area contributed by atoms with Crippen LogP contribution in [0.25, 0.3) is 0 Å². The molecule has 0 aliphatic rings. The number of rotatable bonds is 5. The number of nitrogen functional groups attached to an aromatic ring is 1. The average molecular weight is 282 g/mol. The van der Waals surface area contributed by atoms with Crippen LogP contribution in [0.1, 0.15) is 20.3 Å². The molecule has 1 aromatic rings. The average Bonchev–Trinajstić information content (AvgIpc) is 2.37. The summed E-state index contributed by atoms with van der Waals surface area (Å²) in [6, 6.07) is 6.59. The summed E-state index contributed by atoms with van der Waals surface area (Å²) >= 11 is 0. The number of nitrogens with zero attached hydrogens (tertiary/aromatic N) is 1. The van der Waals surface area contributed by atoms with Crippen LogP contribution in [0.4, 0.5) is 5.69 Å². The molecule has 0 fully saturated rings. The molecule has 5 nitrogen and oxygen atoms in total. The monoisotopic (exact) mass is 282 g/mol. The molecule has 0 aromatic heterocycles. The van der Waals surface area contributed by atoms with Crippen LogP contribution in [0, 0.1) is 16.7 Å². The lowest BCUT2D eigenvalue weighted by atomic mass is 9.93. The minimum atomic E-state index is -3.52. The third-order valence-corrected chi connectivity index (χ3v) is 4.62. The summed E-state index contributed by atoms with van der Waals surface area (Å²) in [5.74, 6) is 0.317. The maximum atomic E-state index is 12.2. The van der Waals surface area contributed by atoms with Gasteiger partial charge in [0.1, 0.15) is 5.75 Å². The molecule has 2 N–H and O–H groups in total. The molecule has 0 aliphatic heterocycles. The summed E-state index contributed by atoms with van der Waals surface area (Å²) in [6.07, 6.45) is 0.252. The zero-order valence-electron chi connectivity index (χ0n) is 11.3. The number of methoxy groups -OCH3 is 1. The lowest BCUT2D eigenvalue weighted by Crippen LogP contribution is -2.17. The normalized spacial score (nSPS) is 11.9. The predicted octanol–water partition coefficient (Wildman–Crippen LogP) is 1.99. The third kappa shape index (κ3) is 3.86. The molecule has 1 aromatic carbocycles. The Morgan fingerprint density at radius 1 is 1.42 bits per heavy atom. The molecule has 0 bridgehead atoms. The van der Waals surface area contributed by atoms with Gasteiger partial charge in [-0.1, -0.05) is 0 Å². The van der Waals surface area contributed by atoms with Crippen molar-refractivity contribution in [3.8, 4) is 11.8 Å². The number of hydrogen-bond donors (Lipinski definition) is 1. The highest BCUT2D eigenvalue weighted by Crippen LogP contribution is 2.28. The van der Waals surface area contributed by atoms with Gasteiger partial charge in [0.2, 0.25) is 0 Å². The van der Waals surface area contributed by atoms with E-state index in [0.29, 0.717) is 5.75 Å². The van der Waals surface area contributed by atoms with Crippen molar-refractivity contribution in [2.24, 2.45) is 5.41 Å². The van der Waals surface area contributed by atoms with Gasteiger partial charge in [0.15, 0.2) is 9.84 Å². The molecule has 0 amide bonds. The maximum absolute atomic E-state index is 12.2. The Labute approximate surface area is 113 Å². The lowest BCUT2D eigenvalue weighted by molar-refractivity contribution is 0.413. The lowest BCUT2D eigenvalue weighted by Gasteiger charge is -2.15. The van der Waals surface area contributed by atoms with E-state index in [-0.39, 0.29) is 22.8 Å². The Kier molecular flexibility index (Phi) is 4.43. The predicted molar refractivity (Wildman–Crippen MR) is 73.5 cm³/mol. The molecule has 6 heteroatoms. The number of nitrogens with two attached hydrogens (primary N) is 1. The SMILES string of the molecule is COc1ccc(N)c(S(=O)(=O)CCC(C)(C)C#N)c1. The molecular formula is C13H18N2O3S. The van der Waals surface area contributed by atoms with Crippen molar-refractivity contribution < 1.29 is 13.2 Å². The molecule has 0 saturated carbocycles. The number of sulfone groups is 1. The fourth-order valence-electron chi connectivity index (χ4n) is 1.47. The van der Waals surface area contributed by atoms with Gasteiger partial charge in [0.05, 0.1) is 34.9 Å². The third-order valence-electron chi connectivity index (χ3n) is 2.85. The molecule has 0 saturated heterocycles. The molecule has 0 atom stereocenters. The minimum absolute atomic E-state index is 0.0561. The standard InChI is InChI=1S/C13H18N2O3S/c1-13(2,9-14)6-7-19(16,17)12-8-10(18-3)4-5-11(12)15/h4-5,8H,6-7,15H2,1-3H3. The minimum Gasteiger partial charge on any atom is -0.497 e. The van der Waals surface area contributed by atoms with Crippen molar-refractivity contribution in [3.63, 3.8) is 0 Å². The van der Waals surface area contributed by atoms with Crippen molar-refractivity contribution >= 4 is 15.5 Å². The van der Waals surface area contributed by atoms with E-state index in [1.54, 1.807) is 19.9 Å². The highest BCUT2D eigenvalue weighted by Gasteiger charge is 2.24. The first kappa shape index (κ1) is 15.3. The summed E-state index contributed by atoms with van der Waals surface area (Å²) < 4.78 is 29.5. The number of benzene rings is 1. The van der Waals surface area contributed by atoms with E-state index in [4.69, 9.17) is 15.7 Å². The van der Waals surface area contributed by atoms with Crippen molar-refractivity contribution in [2.75, 3.05) is 18.6 Å². The van der Waals surface area contributed by atoms with Crippen LogP contribution in [0.2, 0.25) is 0 Å². The van der Waals surface area contributed by atoms with E-state index >= 15 is 0 Å². The van der Waals surface area contributed by atoms with Gasteiger partial charge >= 0.3 is 0 Å².